The van der Waals surface area contributed by atoms with E-state index in [0.29, 0.717) is 29.2 Å². The highest BCUT2D eigenvalue weighted by molar-refractivity contribution is 6.71. The minimum Gasteiger partial charge on any atom is -0.497 e. The predicted molar refractivity (Wildman–Crippen MR) is 197 cm³/mol. The number of amides is 3. The number of carbonyl (C=O) groups excluding carboxylic acids is 3. The van der Waals surface area contributed by atoms with Crippen molar-refractivity contribution in [3.05, 3.63) is 89.6 Å². The van der Waals surface area contributed by atoms with Gasteiger partial charge in [0.2, 0.25) is 11.8 Å². The number of hydrogen-bond donors (Lipinski definition) is 4. The Morgan fingerprint density at radius 1 is 1.12 bits per heavy atom. The van der Waals surface area contributed by atoms with Crippen molar-refractivity contribution < 1.29 is 33.8 Å². The molecule has 2 fully saturated rings. The van der Waals surface area contributed by atoms with Gasteiger partial charge >= 0.3 is 0 Å². The zero-order chi connectivity index (χ0) is 36.1. The molecule has 4 aromatic rings. The molecule has 3 aliphatic rings. The third-order valence-corrected chi connectivity index (χ3v) is 13.6. The van der Waals surface area contributed by atoms with E-state index >= 15 is 0 Å². The molecule has 0 saturated carbocycles. The number of benzene rings is 3. The molecule has 3 aliphatic heterocycles. The first kappa shape index (κ1) is 34.9. The number of aromatic amines is 1. The number of methoxy groups -OCH3 is 1. The number of H-pyrrole nitrogens is 1. The van der Waals surface area contributed by atoms with Crippen LogP contribution in [0.25, 0.3) is 10.9 Å². The van der Waals surface area contributed by atoms with Crippen molar-refractivity contribution in [3.63, 3.8) is 0 Å². The zero-order valence-electron chi connectivity index (χ0n) is 29.5. The van der Waals surface area contributed by atoms with Gasteiger partial charge in [-0.2, -0.15) is 0 Å². The van der Waals surface area contributed by atoms with Gasteiger partial charge in [-0.1, -0.05) is 37.3 Å². The molecule has 3 aromatic carbocycles. The van der Waals surface area contributed by atoms with Crippen LogP contribution in [0.15, 0.2) is 72.9 Å². The van der Waals surface area contributed by atoms with Crippen molar-refractivity contribution >= 4 is 48.3 Å². The molecule has 268 valence electrons. The average Bonchev–Trinajstić information content (AvgIpc) is 3.86. The van der Waals surface area contributed by atoms with E-state index in [1.54, 1.807) is 16.9 Å². The summed E-state index contributed by atoms with van der Waals surface area (Å²) in [5.41, 5.74) is 2.76. The van der Waals surface area contributed by atoms with Crippen molar-refractivity contribution in [1.29, 1.82) is 0 Å². The number of aromatic nitrogens is 1. The first-order chi connectivity index (χ1) is 24.4. The summed E-state index contributed by atoms with van der Waals surface area (Å²) in [6.07, 6.45) is 2.95. The second kappa shape index (κ2) is 13.6. The lowest BCUT2D eigenvalue weighted by molar-refractivity contribution is -0.150. The molecule has 1 aromatic heterocycles. The van der Waals surface area contributed by atoms with Crippen LogP contribution in [0.3, 0.4) is 0 Å². The van der Waals surface area contributed by atoms with Crippen molar-refractivity contribution in [1.82, 2.24) is 9.88 Å². The van der Waals surface area contributed by atoms with Crippen LogP contribution in [0.4, 0.5) is 11.4 Å². The van der Waals surface area contributed by atoms with Gasteiger partial charge in [-0.15, -0.1) is 0 Å². The van der Waals surface area contributed by atoms with Crippen molar-refractivity contribution in [2.45, 2.75) is 75.5 Å². The Kier molecular flexibility index (Phi) is 9.29. The van der Waals surface area contributed by atoms with Gasteiger partial charge in [0, 0.05) is 46.4 Å². The third-order valence-electron chi connectivity index (χ3n) is 11.1. The summed E-state index contributed by atoms with van der Waals surface area (Å²) in [5.74, 6) is -0.439. The van der Waals surface area contributed by atoms with E-state index < -0.39 is 31.5 Å². The molecule has 0 unspecified atom stereocenters. The molecule has 12 heteroatoms. The molecular formula is C39H46N4O7Si. The van der Waals surface area contributed by atoms with E-state index in [2.05, 4.69) is 10.3 Å². The van der Waals surface area contributed by atoms with Crippen molar-refractivity contribution in [2.24, 2.45) is 5.92 Å². The van der Waals surface area contributed by atoms with Crippen LogP contribution in [0.1, 0.15) is 42.9 Å². The highest BCUT2D eigenvalue weighted by Crippen LogP contribution is 2.60. The van der Waals surface area contributed by atoms with E-state index in [9.17, 15) is 24.3 Å². The molecule has 2 saturated heterocycles. The summed E-state index contributed by atoms with van der Waals surface area (Å²) in [6.45, 7) is 6.29. The van der Waals surface area contributed by atoms with Gasteiger partial charge in [0.1, 0.15) is 5.75 Å². The molecular weight excluding hydrogens is 665 g/mol. The highest BCUT2D eigenvalue weighted by atomic mass is 28.4. The number of aliphatic hydroxyl groups is 1. The molecule has 7 rings (SSSR count). The molecule has 11 nitrogen and oxygen atoms in total. The Morgan fingerprint density at radius 2 is 1.92 bits per heavy atom. The quantitative estimate of drug-likeness (QED) is 0.168. The Morgan fingerprint density at radius 3 is 2.69 bits per heavy atom. The summed E-state index contributed by atoms with van der Waals surface area (Å²) < 4.78 is 12.5. The SMILES string of the molecule is COc1ccc2c(c1)[C@]1(O[C@@H](CC(=O)N3CCC[C@H]3CO)[C@H]([Si](C)(C)O)[C@H]1C)C(=O)N2Cc1cccc(NC(=O)Cc2c[nH]c3ccccc23)c1. The van der Waals surface area contributed by atoms with E-state index in [-0.39, 0.29) is 49.8 Å². The number of carbonyl (C=O) groups is 3. The van der Waals surface area contributed by atoms with Crippen molar-refractivity contribution in [2.75, 3.05) is 30.5 Å². The molecule has 0 bridgehead atoms. The molecule has 4 N–H and O–H groups in total. The maximum absolute atomic E-state index is 14.9. The average molecular weight is 711 g/mol. The maximum Gasteiger partial charge on any atom is 0.264 e. The topological polar surface area (TPSA) is 144 Å². The fourth-order valence-electron chi connectivity index (χ4n) is 8.77. The standard InChI is InChI=1S/C39H46N4O7Si/c1-24-37(51(3,4)48)34(20-36(46)42-16-8-11-28(42)23-44)50-39(24)31-19-29(49-2)14-15-33(31)43(38(39)47)22-25-9-7-10-27(17-25)41-35(45)18-26-21-40-32-13-6-5-12-30(26)32/h5-7,9-10,12-15,17,19,21,24,28,34,37,40,44,48H,8,11,16,18,20,22-23H2,1-4H3,(H,41,45)/t24-,28+,34+,37-,39+/m1/s1. The van der Waals surface area contributed by atoms with Crippen LogP contribution in [0, 0.1) is 5.92 Å². The normalized spacial score (nSPS) is 24.5. The number of hydrogen-bond acceptors (Lipinski definition) is 7. The minimum atomic E-state index is -3.00. The lowest BCUT2D eigenvalue weighted by Gasteiger charge is -2.33. The largest absolute Gasteiger partial charge is 0.497 e. The highest BCUT2D eigenvalue weighted by Gasteiger charge is 2.66. The predicted octanol–water partition coefficient (Wildman–Crippen LogP) is 5.08. The summed E-state index contributed by atoms with van der Waals surface area (Å²) in [4.78, 5) is 60.0. The summed E-state index contributed by atoms with van der Waals surface area (Å²) in [5, 5.41) is 13.9. The third kappa shape index (κ3) is 6.24. The van der Waals surface area contributed by atoms with Crippen molar-refractivity contribution in [3.8, 4) is 5.75 Å². The monoisotopic (exact) mass is 710 g/mol. The lowest BCUT2D eigenvalue weighted by atomic mass is 9.82. The molecule has 51 heavy (non-hydrogen) atoms. The first-order valence-corrected chi connectivity index (χ1v) is 20.7. The van der Waals surface area contributed by atoms with Crippen LogP contribution >= 0.6 is 0 Å². The maximum atomic E-state index is 14.9. The van der Waals surface area contributed by atoms with E-state index in [1.165, 1.54) is 0 Å². The second-order valence-corrected chi connectivity index (χ2v) is 18.7. The zero-order valence-corrected chi connectivity index (χ0v) is 30.5. The molecule has 3 amide bonds. The fourth-order valence-corrected chi connectivity index (χ4v) is 11.3. The smallest absolute Gasteiger partial charge is 0.264 e. The van der Waals surface area contributed by atoms with Crippen LogP contribution < -0.4 is 15.0 Å². The number of anilines is 2. The Bertz CT molecular complexity index is 1970. The van der Waals surface area contributed by atoms with Crippen LogP contribution in [0.5, 0.6) is 5.75 Å². The summed E-state index contributed by atoms with van der Waals surface area (Å²) in [7, 11) is -1.42. The number of ether oxygens (including phenoxy) is 2. The number of rotatable bonds is 10. The fraction of sp³-hybridized carbons (Fsp3) is 0.410. The van der Waals surface area contributed by atoms with Gasteiger partial charge < -0.3 is 39.5 Å². The van der Waals surface area contributed by atoms with Crippen LogP contribution in [-0.4, -0.2) is 78.2 Å². The Balaban J connectivity index is 1.16. The molecule has 1 spiro atoms. The molecule has 0 aliphatic carbocycles. The second-order valence-electron chi connectivity index (χ2n) is 14.7. The number of likely N-dealkylation sites (tertiary alicyclic amines) is 1. The van der Waals surface area contributed by atoms with E-state index in [0.717, 1.165) is 34.9 Å². The molecule has 4 heterocycles. The summed E-state index contributed by atoms with van der Waals surface area (Å²) >= 11 is 0. The number of nitrogens with one attached hydrogen (secondary N) is 2. The minimum absolute atomic E-state index is 0.0110. The van der Waals surface area contributed by atoms with Gasteiger partial charge in [0.05, 0.1) is 50.9 Å². The summed E-state index contributed by atoms with van der Waals surface area (Å²) in [6, 6.07) is 20.6. The number of fused-ring (bicyclic) bond motifs is 3. The van der Waals surface area contributed by atoms with Gasteiger partial charge in [0.15, 0.2) is 13.9 Å². The Labute approximate surface area is 298 Å². The van der Waals surface area contributed by atoms with Gasteiger partial charge in [0.25, 0.3) is 5.91 Å². The van der Waals surface area contributed by atoms with Gasteiger partial charge in [-0.3, -0.25) is 14.4 Å². The van der Waals surface area contributed by atoms with Gasteiger partial charge in [-0.25, -0.2) is 0 Å². The number of nitrogens with zero attached hydrogens (tertiary/aromatic N) is 2. The van der Waals surface area contributed by atoms with E-state index in [1.807, 2.05) is 92.9 Å². The van der Waals surface area contributed by atoms with Crippen LogP contribution in [0.2, 0.25) is 18.6 Å². The van der Waals surface area contributed by atoms with E-state index in [4.69, 9.17) is 9.47 Å². The van der Waals surface area contributed by atoms with Gasteiger partial charge in [-0.05, 0) is 73.5 Å². The number of aliphatic hydroxyl groups excluding tert-OH is 1. The number of para-hydroxylation sites is 1. The Hall–Kier alpha value is -4.49. The molecule has 0 radical (unpaired) electrons. The molecule has 5 atom stereocenters. The lowest BCUT2D eigenvalue weighted by Crippen LogP contribution is -2.46. The van der Waals surface area contributed by atoms with Crippen LogP contribution in [-0.2, 0) is 37.7 Å². The first-order valence-electron chi connectivity index (χ1n) is 17.7.